The number of hydrogen-bond donors (Lipinski definition) is 0. The Morgan fingerprint density at radius 2 is 1.78 bits per heavy atom. The lowest BCUT2D eigenvalue weighted by molar-refractivity contribution is 0.189. The molecule has 8 heteroatoms. The molecule has 0 saturated carbocycles. The third kappa shape index (κ3) is 3.45. The molecule has 0 unspecified atom stereocenters. The summed E-state index contributed by atoms with van der Waals surface area (Å²) in [6.45, 7) is 3.20. The topological polar surface area (TPSA) is 77.3 Å². The average Bonchev–Trinajstić information content (AvgIpc) is 3.11. The van der Waals surface area contributed by atoms with Gasteiger partial charge in [0.25, 0.3) is 0 Å². The highest BCUT2D eigenvalue weighted by atomic mass is 32.2. The first-order valence-corrected chi connectivity index (χ1v) is 10.2. The number of hydrogen-bond acceptors (Lipinski definition) is 5. The van der Waals surface area contributed by atoms with Crippen molar-refractivity contribution >= 4 is 10.0 Å². The lowest BCUT2D eigenvalue weighted by atomic mass is 10.1. The van der Waals surface area contributed by atoms with Crippen molar-refractivity contribution in [2.75, 3.05) is 19.7 Å². The largest absolute Gasteiger partial charge is 0.494 e. The van der Waals surface area contributed by atoms with Crippen molar-refractivity contribution in [2.45, 2.75) is 17.9 Å². The second kappa shape index (κ2) is 7.13. The van der Waals surface area contributed by atoms with Crippen LogP contribution in [-0.2, 0) is 10.0 Å². The lowest BCUT2D eigenvalue weighted by Crippen LogP contribution is -2.50. The molecule has 3 aromatic rings. The highest BCUT2D eigenvalue weighted by molar-refractivity contribution is 7.89. The average molecular weight is 384 g/mol. The van der Waals surface area contributed by atoms with Gasteiger partial charge in [0.05, 0.1) is 23.7 Å². The summed E-state index contributed by atoms with van der Waals surface area (Å²) in [6, 6.07) is 16.3. The molecule has 7 nitrogen and oxygen atoms in total. The Bertz CT molecular complexity index is 1010. The molecule has 0 atom stereocenters. The predicted octanol–water partition coefficient (Wildman–Crippen LogP) is 2.59. The minimum Gasteiger partial charge on any atom is -0.494 e. The normalized spacial score (nSPS) is 15.4. The number of sulfonamides is 1. The van der Waals surface area contributed by atoms with Gasteiger partial charge in [0.1, 0.15) is 11.4 Å². The van der Waals surface area contributed by atoms with Gasteiger partial charge in [0, 0.05) is 18.7 Å². The van der Waals surface area contributed by atoms with E-state index in [2.05, 4.69) is 10.3 Å². The maximum atomic E-state index is 12.7. The third-order valence-corrected chi connectivity index (χ3v) is 6.40. The molecular weight excluding hydrogens is 364 g/mol. The van der Waals surface area contributed by atoms with Crippen molar-refractivity contribution in [3.8, 4) is 17.0 Å². The Labute approximate surface area is 158 Å². The van der Waals surface area contributed by atoms with E-state index in [1.54, 1.807) is 28.9 Å². The minimum absolute atomic E-state index is 0.00700. The van der Waals surface area contributed by atoms with Gasteiger partial charge in [-0.15, -0.1) is 5.10 Å². The highest BCUT2D eigenvalue weighted by Gasteiger charge is 2.38. The van der Waals surface area contributed by atoms with Gasteiger partial charge >= 0.3 is 0 Å². The zero-order valence-corrected chi connectivity index (χ0v) is 15.7. The molecule has 2 aromatic carbocycles. The van der Waals surface area contributed by atoms with Crippen LogP contribution in [0.1, 0.15) is 13.0 Å². The van der Waals surface area contributed by atoms with Crippen LogP contribution in [0.5, 0.6) is 5.75 Å². The summed E-state index contributed by atoms with van der Waals surface area (Å²) in [5, 5.41) is 8.36. The Morgan fingerprint density at radius 1 is 1.07 bits per heavy atom. The number of benzene rings is 2. The summed E-state index contributed by atoms with van der Waals surface area (Å²) < 4.78 is 34.0. The van der Waals surface area contributed by atoms with Gasteiger partial charge < -0.3 is 4.74 Å². The zero-order chi connectivity index (χ0) is 18.9. The number of aromatic nitrogens is 3. The van der Waals surface area contributed by atoms with Crippen LogP contribution in [0.25, 0.3) is 11.3 Å². The molecule has 0 aliphatic carbocycles. The fourth-order valence-electron chi connectivity index (χ4n) is 3.00. The maximum Gasteiger partial charge on any atom is 0.243 e. The highest BCUT2D eigenvalue weighted by Crippen LogP contribution is 2.29. The third-order valence-electron chi connectivity index (χ3n) is 4.56. The SMILES string of the molecule is CCOc1ccc(S(=O)(=O)N2CC(n3cc(-c4ccccc4)nn3)C2)cc1. The van der Waals surface area contributed by atoms with E-state index in [0.29, 0.717) is 25.4 Å². The number of rotatable bonds is 6. The van der Waals surface area contributed by atoms with Crippen LogP contribution < -0.4 is 4.74 Å². The van der Waals surface area contributed by atoms with Crippen molar-refractivity contribution in [3.63, 3.8) is 0 Å². The van der Waals surface area contributed by atoms with Gasteiger partial charge in [-0.2, -0.15) is 4.31 Å². The molecule has 0 bridgehead atoms. The Kier molecular flexibility index (Phi) is 4.67. The van der Waals surface area contributed by atoms with Crippen molar-refractivity contribution in [2.24, 2.45) is 0 Å². The van der Waals surface area contributed by atoms with Crippen LogP contribution >= 0.6 is 0 Å². The van der Waals surface area contributed by atoms with E-state index in [1.165, 1.54) is 4.31 Å². The van der Waals surface area contributed by atoms with Crippen LogP contribution in [0.15, 0.2) is 65.7 Å². The molecule has 0 spiro atoms. The summed E-state index contributed by atoms with van der Waals surface area (Å²) in [4.78, 5) is 0.271. The van der Waals surface area contributed by atoms with Gasteiger partial charge in [-0.25, -0.2) is 13.1 Å². The fourth-order valence-corrected chi connectivity index (χ4v) is 4.51. The van der Waals surface area contributed by atoms with Crippen LogP contribution in [0.2, 0.25) is 0 Å². The Morgan fingerprint density at radius 3 is 2.44 bits per heavy atom. The minimum atomic E-state index is -3.50. The quantitative estimate of drug-likeness (QED) is 0.653. The van der Waals surface area contributed by atoms with Gasteiger partial charge in [-0.05, 0) is 31.2 Å². The Hall–Kier alpha value is -2.71. The van der Waals surface area contributed by atoms with Crippen LogP contribution in [0.3, 0.4) is 0 Å². The van der Waals surface area contributed by atoms with Crippen molar-refractivity contribution in [1.82, 2.24) is 19.3 Å². The standard InChI is InChI=1S/C19H20N4O3S/c1-2-26-17-8-10-18(11-9-17)27(24,25)22-12-16(13-22)23-14-19(20-21-23)15-6-4-3-5-7-15/h3-11,14,16H,2,12-13H2,1H3. The molecule has 1 fully saturated rings. The van der Waals surface area contributed by atoms with Gasteiger partial charge in [0.15, 0.2) is 0 Å². The van der Waals surface area contributed by atoms with Gasteiger partial charge in [0.2, 0.25) is 10.0 Å². The molecule has 0 amide bonds. The smallest absolute Gasteiger partial charge is 0.243 e. The second-order valence-corrected chi connectivity index (χ2v) is 8.27. The van der Waals surface area contributed by atoms with Crippen molar-refractivity contribution in [1.29, 1.82) is 0 Å². The summed E-state index contributed by atoms with van der Waals surface area (Å²) in [5.41, 5.74) is 1.77. The first-order valence-electron chi connectivity index (χ1n) is 8.78. The first kappa shape index (κ1) is 17.7. The van der Waals surface area contributed by atoms with E-state index in [4.69, 9.17) is 4.74 Å². The van der Waals surface area contributed by atoms with Crippen LogP contribution in [0, 0.1) is 0 Å². The summed E-state index contributed by atoms with van der Waals surface area (Å²) in [6.07, 6.45) is 1.86. The molecule has 1 aromatic heterocycles. The molecule has 2 heterocycles. The summed E-state index contributed by atoms with van der Waals surface area (Å²) in [5.74, 6) is 0.661. The van der Waals surface area contributed by atoms with Crippen LogP contribution in [-0.4, -0.2) is 47.4 Å². The second-order valence-electron chi connectivity index (χ2n) is 6.33. The summed E-state index contributed by atoms with van der Waals surface area (Å²) in [7, 11) is -3.50. The molecular formula is C19H20N4O3S. The van der Waals surface area contributed by atoms with E-state index in [0.717, 1.165) is 11.3 Å². The molecule has 0 N–H and O–H groups in total. The number of nitrogens with zero attached hydrogens (tertiary/aromatic N) is 4. The summed E-state index contributed by atoms with van der Waals surface area (Å²) >= 11 is 0. The van der Waals surface area contributed by atoms with E-state index >= 15 is 0 Å². The van der Waals surface area contributed by atoms with Crippen LogP contribution in [0.4, 0.5) is 0 Å². The molecule has 0 radical (unpaired) electrons. The zero-order valence-electron chi connectivity index (χ0n) is 14.9. The van der Waals surface area contributed by atoms with E-state index < -0.39 is 10.0 Å². The molecule has 140 valence electrons. The monoisotopic (exact) mass is 384 g/mol. The molecule has 27 heavy (non-hydrogen) atoms. The van der Waals surface area contributed by atoms with Crippen molar-refractivity contribution in [3.05, 3.63) is 60.8 Å². The first-order chi connectivity index (χ1) is 13.1. The maximum absolute atomic E-state index is 12.7. The van der Waals surface area contributed by atoms with Crippen molar-refractivity contribution < 1.29 is 13.2 Å². The molecule has 1 aliphatic heterocycles. The fraction of sp³-hybridized carbons (Fsp3) is 0.263. The van der Waals surface area contributed by atoms with Gasteiger partial charge in [-0.3, -0.25) is 0 Å². The van der Waals surface area contributed by atoms with Gasteiger partial charge in [-0.1, -0.05) is 35.5 Å². The molecule has 4 rings (SSSR count). The lowest BCUT2D eigenvalue weighted by Gasteiger charge is -2.37. The molecule has 1 aliphatic rings. The number of ether oxygens (including phenoxy) is 1. The predicted molar refractivity (Wildman–Crippen MR) is 101 cm³/mol. The molecule has 1 saturated heterocycles. The van der Waals surface area contributed by atoms with E-state index in [-0.39, 0.29) is 10.9 Å². The van der Waals surface area contributed by atoms with E-state index in [9.17, 15) is 8.42 Å². The van der Waals surface area contributed by atoms with E-state index in [1.807, 2.05) is 43.5 Å². The Balaban J connectivity index is 1.43.